The first-order chi connectivity index (χ1) is 33.8. The fourth-order valence-electron chi connectivity index (χ4n) is 8.55. The van der Waals surface area contributed by atoms with Crippen LogP contribution in [0.3, 0.4) is 0 Å². The summed E-state index contributed by atoms with van der Waals surface area (Å²) in [4.78, 5) is 51.9. The molecule has 0 aliphatic rings. The summed E-state index contributed by atoms with van der Waals surface area (Å²) in [6, 6.07) is 0. The van der Waals surface area contributed by atoms with Crippen LogP contribution < -0.4 is 0 Å². The maximum absolute atomic E-state index is 13.4. The van der Waals surface area contributed by atoms with E-state index in [4.69, 9.17) is 15.6 Å². The number of carbonyl (C=O) groups is 4. The second kappa shape index (κ2) is 53.4. The summed E-state index contributed by atoms with van der Waals surface area (Å²) in [5.41, 5.74) is 0. The van der Waals surface area contributed by atoms with Gasteiger partial charge in [-0.15, -0.1) is 0 Å². The second-order valence-corrected chi connectivity index (χ2v) is 28.9. The predicted octanol–water partition coefficient (Wildman–Crippen LogP) is 18.5. The van der Waals surface area contributed by atoms with E-state index in [0.29, 0.717) is 22.1 Å². The predicted molar refractivity (Wildman–Crippen MR) is 293 cm³/mol. The Kier molecular flexibility index (Phi) is 51.6. The molecule has 0 bridgehead atoms. The summed E-state index contributed by atoms with van der Waals surface area (Å²) in [5, 5.41) is 0. The molecule has 0 rings (SSSR count). The van der Waals surface area contributed by atoms with Gasteiger partial charge in [-0.05, 0) is 51.4 Å². The molecular weight excluding hydrogens is 967 g/mol. The van der Waals surface area contributed by atoms with Gasteiger partial charge in [-0.25, -0.2) is 0 Å². The first kappa shape index (κ1) is 66.6. The standard InChI is InChI=1S/2C22H38O4.2C8H17.Sn/c2*1-2-3-4-5-6-7-8-9-10-11-12-13-14-15-16-17-20-26-22(25)19-18-21(23)24;2*1-3-5-7-8-6-4-2;/h2*9-10,18-19H,2-8,11-17,20H2,1H3,(H,23,24);2*1,3-8H2,2H3;/q;;;;+2/p-2/b10-9+,19-18+;10-9-,19-18-;;;. The van der Waals surface area contributed by atoms with Crippen LogP contribution in [0.2, 0.25) is 8.87 Å². The maximum atomic E-state index is 13.4. The number of carbonyl (C=O) groups excluding carboxylic acids is 4. The Bertz CT molecular complexity index is 1210. The number of allylic oxidation sites excluding steroid dienone is 4. The Balaban J connectivity index is 4.96. The fraction of sp³-hybridized carbons (Fsp3) is 0.800. The molecule has 0 aromatic heterocycles. The van der Waals surface area contributed by atoms with Gasteiger partial charge >= 0.3 is 279 Å². The number of hydrogen-bond acceptors (Lipinski definition) is 8. The van der Waals surface area contributed by atoms with E-state index in [0.717, 1.165) is 140 Å². The fourth-order valence-corrected chi connectivity index (χ4v) is 17.5. The van der Waals surface area contributed by atoms with Crippen LogP contribution in [-0.4, -0.2) is 56.3 Å². The first-order valence-electron chi connectivity index (χ1n) is 29.3. The van der Waals surface area contributed by atoms with Crippen molar-refractivity contribution in [2.45, 2.75) is 293 Å². The van der Waals surface area contributed by atoms with E-state index in [-0.39, 0.29) is 0 Å². The van der Waals surface area contributed by atoms with Crippen molar-refractivity contribution in [3.05, 3.63) is 48.6 Å². The third kappa shape index (κ3) is 49.0. The molecule has 0 aliphatic heterocycles. The minimum absolute atomic E-state index is 0.308. The van der Waals surface area contributed by atoms with E-state index in [2.05, 4.69) is 52.0 Å². The Morgan fingerprint density at radius 2 is 0.522 bits per heavy atom. The number of rotatable bonds is 52. The third-order valence-corrected chi connectivity index (χ3v) is 22.5. The molecule has 0 amide bonds. The zero-order valence-corrected chi connectivity index (χ0v) is 48.4. The van der Waals surface area contributed by atoms with Crippen molar-refractivity contribution < 1.29 is 34.8 Å². The van der Waals surface area contributed by atoms with Gasteiger partial charge in [0.05, 0.1) is 0 Å². The summed E-state index contributed by atoms with van der Waals surface area (Å²) in [6.45, 7) is 9.51. The van der Waals surface area contributed by atoms with Gasteiger partial charge in [0, 0.05) is 0 Å². The topological polar surface area (TPSA) is 105 Å². The molecule has 0 saturated heterocycles. The average Bonchev–Trinajstić information content (AvgIpc) is 3.34. The molecule has 0 N–H and O–H groups in total. The van der Waals surface area contributed by atoms with Crippen molar-refractivity contribution in [3.63, 3.8) is 0 Å². The number of hydrogen-bond donors (Lipinski definition) is 0. The second-order valence-electron chi connectivity index (χ2n) is 19.7. The minimum Gasteiger partial charge on any atom is -0.0885 e. The molecule has 0 aromatic rings. The minimum atomic E-state index is -4.43. The van der Waals surface area contributed by atoms with Gasteiger partial charge in [-0.3, -0.25) is 0 Å². The van der Waals surface area contributed by atoms with E-state index >= 15 is 0 Å². The quantitative estimate of drug-likeness (QED) is 0.0195. The molecule has 0 unspecified atom stereocenters. The van der Waals surface area contributed by atoms with Crippen LogP contribution in [0.4, 0.5) is 0 Å². The molecule has 0 spiro atoms. The monoisotopic (exact) mass is 1080 g/mol. The molecule has 0 aromatic carbocycles. The first-order valence-corrected chi connectivity index (χ1v) is 35.6. The van der Waals surface area contributed by atoms with Crippen molar-refractivity contribution in [1.29, 1.82) is 0 Å². The number of unbranched alkanes of at least 4 members (excludes halogenated alkanes) is 34. The van der Waals surface area contributed by atoms with Crippen molar-refractivity contribution in [1.82, 2.24) is 0 Å². The molecule has 0 saturated carbocycles. The van der Waals surface area contributed by atoms with Crippen LogP contribution in [0.5, 0.6) is 0 Å². The van der Waals surface area contributed by atoms with E-state index in [9.17, 15) is 19.2 Å². The SMILES string of the molecule is CCCCCCCC/C=C\CCCCCCCCOC(=O)/C=C\C(=O)[O][Sn]([CH2]CCCCCCC)([CH2]CCCCCCC)[O]C(=O)/C=C/C(=O)OCCCCCCCC/C=C/CCCCCCCC. The van der Waals surface area contributed by atoms with Crippen molar-refractivity contribution in [2.24, 2.45) is 0 Å². The molecule has 69 heavy (non-hydrogen) atoms. The van der Waals surface area contributed by atoms with Crippen LogP contribution in [0.25, 0.3) is 0 Å². The van der Waals surface area contributed by atoms with Gasteiger partial charge < -0.3 is 0 Å². The Hall–Kier alpha value is -2.36. The van der Waals surface area contributed by atoms with Crippen molar-refractivity contribution in [2.75, 3.05) is 13.2 Å². The zero-order chi connectivity index (χ0) is 50.4. The van der Waals surface area contributed by atoms with Crippen LogP contribution >= 0.6 is 0 Å². The molecular formula is C60H108O8Sn. The van der Waals surface area contributed by atoms with E-state index in [1.165, 1.54) is 141 Å². The van der Waals surface area contributed by atoms with Crippen LogP contribution in [0.1, 0.15) is 285 Å². The molecule has 0 heterocycles. The van der Waals surface area contributed by atoms with Gasteiger partial charge in [0.25, 0.3) is 0 Å². The summed E-state index contributed by atoms with van der Waals surface area (Å²) in [5.74, 6) is -2.52. The van der Waals surface area contributed by atoms with Crippen LogP contribution in [0, 0.1) is 0 Å². The smallest absolute Gasteiger partial charge is 0.0885 e. The van der Waals surface area contributed by atoms with Crippen molar-refractivity contribution in [3.8, 4) is 0 Å². The van der Waals surface area contributed by atoms with Gasteiger partial charge in [0.2, 0.25) is 0 Å². The summed E-state index contributed by atoms with van der Waals surface area (Å²) in [7, 11) is 0. The molecule has 0 aliphatic carbocycles. The molecule has 400 valence electrons. The molecule has 0 radical (unpaired) electrons. The summed E-state index contributed by atoms with van der Waals surface area (Å²) < 4.78 is 24.3. The third-order valence-electron chi connectivity index (χ3n) is 12.9. The summed E-state index contributed by atoms with van der Waals surface area (Å²) >= 11 is -4.43. The Morgan fingerprint density at radius 3 is 0.812 bits per heavy atom. The Labute approximate surface area is 430 Å². The molecule has 9 heteroatoms. The molecule has 0 atom stereocenters. The Morgan fingerprint density at radius 1 is 0.290 bits per heavy atom. The van der Waals surface area contributed by atoms with Crippen molar-refractivity contribution >= 4 is 43.1 Å². The number of esters is 2. The van der Waals surface area contributed by atoms with Gasteiger partial charge in [-0.1, -0.05) is 102 Å². The summed E-state index contributed by atoms with van der Waals surface area (Å²) in [6.07, 6.45) is 60.3. The van der Waals surface area contributed by atoms with E-state index in [1.807, 2.05) is 0 Å². The number of ether oxygens (including phenoxy) is 2. The molecule has 8 nitrogen and oxygen atoms in total. The van der Waals surface area contributed by atoms with E-state index in [1.54, 1.807) is 0 Å². The van der Waals surface area contributed by atoms with Gasteiger partial charge in [0.15, 0.2) is 0 Å². The van der Waals surface area contributed by atoms with Gasteiger partial charge in [-0.2, -0.15) is 0 Å². The van der Waals surface area contributed by atoms with Crippen LogP contribution in [-0.2, 0) is 34.8 Å². The zero-order valence-electron chi connectivity index (χ0n) is 45.5. The normalized spacial score (nSPS) is 12.0. The van der Waals surface area contributed by atoms with E-state index < -0.39 is 43.1 Å². The van der Waals surface area contributed by atoms with Crippen LogP contribution in [0.15, 0.2) is 48.6 Å². The molecule has 0 fully saturated rings. The van der Waals surface area contributed by atoms with Gasteiger partial charge in [0.1, 0.15) is 0 Å². The average molecular weight is 1080 g/mol.